The van der Waals surface area contributed by atoms with Gasteiger partial charge in [-0.15, -0.1) is 0 Å². The second-order valence-electron chi connectivity index (χ2n) is 4.60. The number of nitrogen functional groups attached to an aromatic ring is 1. The van der Waals surface area contributed by atoms with Crippen LogP contribution in [0.15, 0.2) is 12.1 Å². The molecule has 4 heteroatoms. The van der Waals surface area contributed by atoms with Gasteiger partial charge in [-0.2, -0.15) is 0 Å². The first-order valence-electron chi connectivity index (χ1n) is 5.85. The normalized spacial score (nSPS) is 19.9. The van der Waals surface area contributed by atoms with E-state index in [1.54, 1.807) is 12.1 Å². The van der Waals surface area contributed by atoms with Crippen molar-refractivity contribution >= 4 is 17.1 Å². The molecule has 0 bridgehead atoms. The fourth-order valence-electron chi connectivity index (χ4n) is 2.32. The van der Waals surface area contributed by atoms with E-state index in [-0.39, 0.29) is 11.5 Å². The van der Waals surface area contributed by atoms with Crippen molar-refractivity contribution in [2.75, 3.05) is 29.0 Å². The van der Waals surface area contributed by atoms with Gasteiger partial charge >= 0.3 is 0 Å². The van der Waals surface area contributed by atoms with E-state index in [0.29, 0.717) is 6.04 Å². The van der Waals surface area contributed by atoms with E-state index in [2.05, 4.69) is 10.2 Å². The number of hydrogen-bond acceptors (Lipinski definition) is 3. The van der Waals surface area contributed by atoms with Crippen LogP contribution in [0.1, 0.15) is 19.3 Å². The van der Waals surface area contributed by atoms with Crippen molar-refractivity contribution in [2.24, 2.45) is 0 Å². The van der Waals surface area contributed by atoms with Gasteiger partial charge in [0.25, 0.3) is 0 Å². The molecule has 3 nitrogen and oxygen atoms in total. The third kappa shape index (κ3) is 1.58. The number of halogens is 1. The zero-order valence-corrected chi connectivity index (χ0v) is 9.17. The molecule has 0 spiro atoms. The lowest BCUT2D eigenvalue weighted by Gasteiger charge is -2.24. The Morgan fingerprint density at radius 3 is 2.94 bits per heavy atom. The predicted octanol–water partition coefficient (Wildman–Crippen LogP) is 2.19. The fourth-order valence-corrected chi connectivity index (χ4v) is 2.32. The first-order chi connectivity index (χ1) is 7.75. The van der Waals surface area contributed by atoms with E-state index in [4.69, 9.17) is 5.73 Å². The Morgan fingerprint density at radius 2 is 2.19 bits per heavy atom. The minimum atomic E-state index is -0.312. The van der Waals surface area contributed by atoms with Crippen LogP contribution in [0.25, 0.3) is 0 Å². The van der Waals surface area contributed by atoms with E-state index in [0.717, 1.165) is 30.9 Å². The van der Waals surface area contributed by atoms with Crippen molar-refractivity contribution in [1.29, 1.82) is 0 Å². The highest BCUT2D eigenvalue weighted by atomic mass is 19.1. The minimum Gasteiger partial charge on any atom is -0.396 e. The van der Waals surface area contributed by atoms with Gasteiger partial charge in [-0.1, -0.05) is 0 Å². The van der Waals surface area contributed by atoms with E-state index >= 15 is 0 Å². The van der Waals surface area contributed by atoms with Gasteiger partial charge < -0.3 is 16.0 Å². The van der Waals surface area contributed by atoms with Gasteiger partial charge in [0.05, 0.1) is 17.1 Å². The number of anilines is 3. The second-order valence-corrected chi connectivity index (χ2v) is 4.60. The average Bonchev–Trinajstić information content (AvgIpc) is 3.05. The average molecular weight is 221 g/mol. The lowest BCUT2D eigenvalue weighted by atomic mass is 10.2. The molecule has 0 unspecified atom stereocenters. The largest absolute Gasteiger partial charge is 0.396 e. The molecule has 0 radical (unpaired) electrons. The van der Waals surface area contributed by atoms with E-state index < -0.39 is 0 Å². The maximum atomic E-state index is 13.5. The van der Waals surface area contributed by atoms with Crippen LogP contribution in [-0.2, 0) is 0 Å². The molecule has 0 aromatic heterocycles. The summed E-state index contributed by atoms with van der Waals surface area (Å²) >= 11 is 0. The van der Waals surface area contributed by atoms with Crippen molar-refractivity contribution in [2.45, 2.75) is 25.3 Å². The number of fused-ring (bicyclic) bond motifs is 1. The Hall–Kier alpha value is -1.45. The first kappa shape index (κ1) is 9.75. The van der Waals surface area contributed by atoms with Gasteiger partial charge in [-0.25, -0.2) is 4.39 Å². The predicted molar refractivity (Wildman–Crippen MR) is 64.3 cm³/mol. The molecule has 3 N–H and O–H groups in total. The molecule has 1 aromatic rings. The second kappa shape index (κ2) is 3.54. The van der Waals surface area contributed by atoms with Crippen LogP contribution in [0.3, 0.4) is 0 Å². The van der Waals surface area contributed by atoms with Crippen molar-refractivity contribution in [3.63, 3.8) is 0 Å². The highest BCUT2D eigenvalue weighted by Crippen LogP contribution is 2.39. The lowest BCUT2D eigenvalue weighted by molar-refractivity contribution is 0.631. The van der Waals surface area contributed by atoms with Gasteiger partial charge in [-0.3, -0.25) is 0 Å². The molecule has 86 valence electrons. The Kier molecular flexibility index (Phi) is 2.16. The molecule has 1 aliphatic carbocycles. The molecule has 1 heterocycles. The molecule has 16 heavy (non-hydrogen) atoms. The summed E-state index contributed by atoms with van der Waals surface area (Å²) in [7, 11) is 0. The van der Waals surface area contributed by atoms with Crippen molar-refractivity contribution in [3.05, 3.63) is 17.9 Å². The number of benzene rings is 1. The molecule has 1 aromatic carbocycles. The van der Waals surface area contributed by atoms with Gasteiger partial charge in [0.15, 0.2) is 0 Å². The highest BCUT2D eigenvalue weighted by Gasteiger charge is 2.31. The zero-order valence-electron chi connectivity index (χ0n) is 9.17. The monoisotopic (exact) mass is 221 g/mol. The van der Waals surface area contributed by atoms with Crippen LogP contribution < -0.4 is 16.0 Å². The fraction of sp³-hybridized carbons (Fsp3) is 0.500. The lowest BCUT2D eigenvalue weighted by Crippen LogP contribution is -2.26. The van der Waals surface area contributed by atoms with E-state index in [1.165, 1.54) is 12.8 Å². The standard InChI is InChI=1S/C12H16FN3/c13-9-6-12-11(7-10(9)14)15-4-1-5-16(12)8-2-3-8/h6-8,15H,1-5,14H2. The third-order valence-electron chi connectivity index (χ3n) is 3.30. The quantitative estimate of drug-likeness (QED) is 0.714. The molecule has 1 fully saturated rings. The molecule has 3 rings (SSSR count). The van der Waals surface area contributed by atoms with Crippen LogP contribution in [0.4, 0.5) is 21.5 Å². The summed E-state index contributed by atoms with van der Waals surface area (Å²) in [5.74, 6) is -0.312. The van der Waals surface area contributed by atoms with Crippen molar-refractivity contribution in [3.8, 4) is 0 Å². The van der Waals surface area contributed by atoms with Crippen molar-refractivity contribution in [1.82, 2.24) is 0 Å². The summed E-state index contributed by atoms with van der Waals surface area (Å²) in [6.07, 6.45) is 3.55. The topological polar surface area (TPSA) is 41.3 Å². The Labute approximate surface area is 94.4 Å². The molecule has 0 atom stereocenters. The molecule has 2 aliphatic rings. The number of nitrogens with one attached hydrogen (secondary N) is 1. The molecule has 1 saturated carbocycles. The summed E-state index contributed by atoms with van der Waals surface area (Å²) in [4.78, 5) is 2.32. The third-order valence-corrected chi connectivity index (χ3v) is 3.30. The Bertz CT molecular complexity index is 415. The zero-order chi connectivity index (χ0) is 11.1. The van der Waals surface area contributed by atoms with E-state index in [9.17, 15) is 4.39 Å². The molecular formula is C12H16FN3. The Morgan fingerprint density at radius 1 is 1.38 bits per heavy atom. The van der Waals surface area contributed by atoms with Gasteiger partial charge in [0.2, 0.25) is 0 Å². The number of rotatable bonds is 1. The SMILES string of the molecule is Nc1cc2c(cc1F)N(C1CC1)CCCN2. The molecule has 0 amide bonds. The number of hydrogen-bond donors (Lipinski definition) is 2. The van der Waals surface area contributed by atoms with Crippen LogP contribution in [0, 0.1) is 5.82 Å². The number of nitrogens with zero attached hydrogens (tertiary/aromatic N) is 1. The summed E-state index contributed by atoms with van der Waals surface area (Å²) in [5.41, 5.74) is 7.78. The Balaban J connectivity index is 2.05. The molecular weight excluding hydrogens is 205 g/mol. The summed E-state index contributed by atoms with van der Waals surface area (Å²) in [6.45, 7) is 1.94. The van der Waals surface area contributed by atoms with Gasteiger partial charge in [0, 0.05) is 25.2 Å². The van der Waals surface area contributed by atoms with Crippen molar-refractivity contribution < 1.29 is 4.39 Å². The van der Waals surface area contributed by atoms with Crippen LogP contribution in [-0.4, -0.2) is 19.1 Å². The first-order valence-corrected chi connectivity index (χ1v) is 5.85. The van der Waals surface area contributed by atoms with Crippen LogP contribution in [0.5, 0.6) is 0 Å². The van der Waals surface area contributed by atoms with Gasteiger partial charge in [0.1, 0.15) is 5.82 Å². The molecule has 1 aliphatic heterocycles. The maximum absolute atomic E-state index is 13.5. The minimum absolute atomic E-state index is 0.226. The summed E-state index contributed by atoms with van der Waals surface area (Å²) in [5, 5.41) is 3.32. The van der Waals surface area contributed by atoms with Crippen LogP contribution >= 0.6 is 0 Å². The molecule has 0 saturated heterocycles. The summed E-state index contributed by atoms with van der Waals surface area (Å²) in [6, 6.07) is 3.90. The van der Waals surface area contributed by atoms with E-state index in [1.807, 2.05) is 0 Å². The summed E-state index contributed by atoms with van der Waals surface area (Å²) < 4.78 is 13.5. The smallest absolute Gasteiger partial charge is 0.148 e. The van der Waals surface area contributed by atoms with Crippen LogP contribution in [0.2, 0.25) is 0 Å². The number of nitrogens with two attached hydrogens (primary N) is 1. The highest BCUT2D eigenvalue weighted by molar-refractivity contribution is 5.75. The van der Waals surface area contributed by atoms with Gasteiger partial charge in [-0.05, 0) is 25.3 Å². The maximum Gasteiger partial charge on any atom is 0.148 e.